The van der Waals surface area contributed by atoms with Gasteiger partial charge in [0.2, 0.25) is 0 Å². The summed E-state index contributed by atoms with van der Waals surface area (Å²) in [4.78, 5) is 37.5. The molecule has 39 heavy (non-hydrogen) atoms. The zero-order valence-corrected chi connectivity index (χ0v) is 20.7. The Hall–Kier alpha value is -4.61. The van der Waals surface area contributed by atoms with Gasteiger partial charge >= 0.3 is 18.1 Å². The lowest BCUT2D eigenvalue weighted by atomic mass is 10.1. The third-order valence-electron chi connectivity index (χ3n) is 5.82. The molecule has 1 amide bonds. The van der Waals surface area contributed by atoms with Gasteiger partial charge in [0.05, 0.1) is 11.3 Å². The molecule has 1 aliphatic rings. The van der Waals surface area contributed by atoms with Gasteiger partial charge in [0.15, 0.2) is 0 Å². The predicted molar refractivity (Wildman–Crippen MR) is 137 cm³/mol. The maximum absolute atomic E-state index is 13.2. The Balaban J connectivity index is 0.000000532. The number of amides is 1. The number of aliphatic carboxylic acids is 1. The number of nitrogens with one attached hydrogen (secondary N) is 1. The topological polar surface area (TPSA) is 110 Å². The van der Waals surface area contributed by atoms with Crippen molar-refractivity contribution in [1.29, 1.82) is 0 Å². The van der Waals surface area contributed by atoms with Crippen LogP contribution in [-0.2, 0) is 4.79 Å². The van der Waals surface area contributed by atoms with E-state index in [-0.39, 0.29) is 17.3 Å². The lowest BCUT2D eigenvalue weighted by molar-refractivity contribution is -0.192. The number of piperazine rings is 1. The minimum atomic E-state index is -5.08. The minimum Gasteiger partial charge on any atom is -0.478 e. The molecule has 4 rings (SSSR count). The standard InChI is InChI=1S/C25H24FN3O3.C2HF3O2/c1-17-3-2-4-18(15-17)24(30)27-20-7-10-23(22(16-20)25(31)32)29-13-11-28(12-14-29)21-8-5-19(26)6-9-21;3-2(4,5)1(6)7/h2-10,15-16H,11-14H2,1H3,(H,27,30)(H,31,32);(H,6,7). The number of aryl methyl sites for hydroxylation is 1. The number of aromatic carboxylic acids is 1. The lowest BCUT2D eigenvalue weighted by Crippen LogP contribution is -2.47. The fourth-order valence-electron chi connectivity index (χ4n) is 3.91. The highest BCUT2D eigenvalue weighted by Gasteiger charge is 2.38. The van der Waals surface area contributed by atoms with E-state index in [2.05, 4.69) is 10.2 Å². The average Bonchev–Trinajstić information content (AvgIpc) is 2.89. The Bertz CT molecular complexity index is 1340. The third-order valence-corrected chi connectivity index (χ3v) is 5.82. The summed E-state index contributed by atoms with van der Waals surface area (Å²) >= 11 is 0. The first-order valence-electron chi connectivity index (χ1n) is 11.7. The first kappa shape index (κ1) is 29.0. The second-order valence-corrected chi connectivity index (χ2v) is 8.61. The Kier molecular flexibility index (Phi) is 9.12. The molecular weight excluding hydrogens is 522 g/mol. The van der Waals surface area contributed by atoms with Crippen LogP contribution >= 0.6 is 0 Å². The van der Waals surface area contributed by atoms with E-state index in [4.69, 9.17) is 9.90 Å². The normalized spacial score (nSPS) is 13.3. The molecular formula is C27H25F4N3O5. The highest BCUT2D eigenvalue weighted by Crippen LogP contribution is 2.27. The van der Waals surface area contributed by atoms with Gasteiger partial charge in [0.25, 0.3) is 5.91 Å². The SMILES string of the molecule is Cc1cccc(C(=O)Nc2ccc(N3CCN(c4ccc(F)cc4)CC3)c(C(=O)O)c2)c1.O=C(O)C(F)(F)F. The van der Waals surface area contributed by atoms with Crippen molar-refractivity contribution in [1.82, 2.24) is 0 Å². The molecule has 0 spiro atoms. The number of nitrogens with zero attached hydrogens (tertiary/aromatic N) is 2. The monoisotopic (exact) mass is 547 g/mol. The van der Waals surface area contributed by atoms with E-state index >= 15 is 0 Å². The molecule has 12 heteroatoms. The van der Waals surface area contributed by atoms with Crippen LogP contribution in [0.1, 0.15) is 26.3 Å². The number of carbonyl (C=O) groups excluding carboxylic acids is 1. The molecule has 8 nitrogen and oxygen atoms in total. The summed E-state index contributed by atoms with van der Waals surface area (Å²) in [6, 6.07) is 18.5. The molecule has 1 fully saturated rings. The van der Waals surface area contributed by atoms with Crippen molar-refractivity contribution >= 4 is 34.9 Å². The summed E-state index contributed by atoms with van der Waals surface area (Å²) in [5.41, 5.74) is 3.62. The van der Waals surface area contributed by atoms with Gasteiger partial charge in [0.1, 0.15) is 5.82 Å². The molecule has 0 saturated carbocycles. The van der Waals surface area contributed by atoms with Gasteiger partial charge in [-0.2, -0.15) is 13.2 Å². The van der Waals surface area contributed by atoms with E-state index in [0.29, 0.717) is 43.1 Å². The molecule has 0 radical (unpaired) electrons. The van der Waals surface area contributed by atoms with Crippen LogP contribution in [0.25, 0.3) is 0 Å². The van der Waals surface area contributed by atoms with Crippen molar-refractivity contribution in [2.75, 3.05) is 41.3 Å². The number of hydrogen-bond acceptors (Lipinski definition) is 5. The quantitative estimate of drug-likeness (QED) is 0.384. The highest BCUT2D eigenvalue weighted by atomic mass is 19.4. The number of carboxylic acid groups (broad SMARTS) is 2. The van der Waals surface area contributed by atoms with Crippen molar-refractivity contribution in [3.05, 3.63) is 89.2 Å². The van der Waals surface area contributed by atoms with E-state index in [0.717, 1.165) is 11.3 Å². The molecule has 1 heterocycles. The number of carbonyl (C=O) groups is 3. The maximum atomic E-state index is 13.2. The van der Waals surface area contributed by atoms with Gasteiger partial charge in [-0.25, -0.2) is 14.0 Å². The maximum Gasteiger partial charge on any atom is 0.490 e. The van der Waals surface area contributed by atoms with Crippen molar-refractivity contribution in [3.8, 4) is 0 Å². The molecule has 0 aliphatic carbocycles. The van der Waals surface area contributed by atoms with Crippen LogP contribution in [0.3, 0.4) is 0 Å². The summed E-state index contributed by atoms with van der Waals surface area (Å²) in [7, 11) is 0. The second kappa shape index (κ2) is 12.3. The van der Waals surface area contributed by atoms with E-state index < -0.39 is 18.1 Å². The summed E-state index contributed by atoms with van der Waals surface area (Å²) < 4.78 is 44.9. The zero-order valence-electron chi connectivity index (χ0n) is 20.7. The summed E-state index contributed by atoms with van der Waals surface area (Å²) in [6.45, 7) is 4.55. The van der Waals surface area contributed by atoms with Crippen molar-refractivity contribution in [3.63, 3.8) is 0 Å². The third kappa shape index (κ3) is 7.94. The first-order valence-corrected chi connectivity index (χ1v) is 11.7. The number of rotatable bonds is 5. The number of anilines is 3. The van der Waals surface area contributed by atoms with Gasteiger partial charge in [-0.05, 0) is 61.5 Å². The second-order valence-electron chi connectivity index (χ2n) is 8.61. The van der Waals surface area contributed by atoms with Gasteiger partial charge in [-0.3, -0.25) is 4.79 Å². The Labute approximate surface area is 221 Å². The van der Waals surface area contributed by atoms with Crippen LogP contribution < -0.4 is 15.1 Å². The van der Waals surface area contributed by atoms with Crippen molar-refractivity contribution in [2.24, 2.45) is 0 Å². The van der Waals surface area contributed by atoms with Crippen LogP contribution in [0.4, 0.5) is 34.6 Å². The smallest absolute Gasteiger partial charge is 0.478 e. The summed E-state index contributed by atoms with van der Waals surface area (Å²) in [5.74, 6) is -4.36. The molecule has 3 N–H and O–H groups in total. The predicted octanol–water partition coefficient (Wildman–Crippen LogP) is 5.04. The molecule has 0 aromatic heterocycles. The van der Waals surface area contributed by atoms with E-state index in [1.54, 1.807) is 36.4 Å². The molecule has 1 aliphatic heterocycles. The molecule has 3 aromatic rings. The fourth-order valence-corrected chi connectivity index (χ4v) is 3.91. The zero-order chi connectivity index (χ0) is 28.7. The van der Waals surface area contributed by atoms with E-state index in [1.807, 2.05) is 24.0 Å². The minimum absolute atomic E-state index is 0.141. The highest BCUT2D eigenvalue weighted by molar-refractivity contribution is 6.05. The van der Waals surface area contributed by atoms with Crippen LogP contribution in [0.5, 0.6) is 0 Å². The molecule has 0 atom stereocenters. The van der Waals surface area contributed by atoms with Crippen molar-refractivity contribution < 1.29 is 42.2 Å². The van der Waals surface area contributed by atoms with Gasteiger partial charge in [-0.1, -0.05) is 17.7 Å². The van der Waals surface area contributed by atoms with Crippen LogP contribution in [0, 0.1) is 12.7 Å². The van der Waals surface area contributed by atoms with E-state index in [9.17, 15) is 32.3 Å². The van der Waals surface area contributed by atoms with Crippen LogP contribution in [0.15, 0.2) is 66.7 Å². The molecule has 0 unspecified atom stereocenters. The average molecular weight is 548 g/mol. The summed E-state index contributed by atoms with van der Waals surface area (Å²) in [6.07, 6.45) is -5.08. The molecule has 1 saturated heterocycles. The van der Waals surface area contributed by atoms with Crippen molar-refractivity contribution in [2.45, 2.75) is 13.1 Å². The lowest BCUT2D eigenvalue weighted by Gasteiger charge is -2.38. The molecule has 0 bridgehead atoms. The largest absolute Gasteiger partial charge is 0.490 e. The summed E-state index contributed by atoms with van der Waals surface area (Å²) in [5, 5.41) is 19.7. The van der Waals surface area contributed by atoms with Gasteiger partial charge < -0.3 is 25.3 Å². The first-order chi connectivity index (χ1) is 18.3. The van der Waals surface area contributed by atoms with Gasteiger partial charge in [0, 0.05) is 43.1 Å². The number of alkyl halides is 3. The Morgan fingerprint density at radius 3 is 1.97 bits per heavy atom. The van der Waals surface area contributed by atoms with Gasteiger partial charge in [-0.15, -0.1) is 0 Å². The van der Waals surface area contributed by atoms with E-state index in [1.165, 1.54) is 18.2 Å². The Morgan fingerprint density at radius 1 is 0.846 bits per heavy atom. The fraction of sp³-hybridized carbons (Fsp3) is 0.222. The molecule has 3 aromatic carbocycles. The Morgan fingerprint density at radius 2 is 1.44 bits per heavy atom. The van der Waals surface area contributed by atoms with Crippen LogP contribution in [-0.4, -0.2) is 60.4 Å². The van der Waals surface area contributed by atoms with Crippen LogP contribution in [0.2, 0.25) is 0 Å². The number of hydrogen-bond donors (Lipinski definition) is 3. The number of carboxylic acids is 2. The number of benzene rings is 3. The number of halogens is 4. The molecule has 206 valence electrons.